The Morgan fingerprint density at radius 3 is 3.06 bits per heavy atom. The van der Waals surface area contributed by atoms with E-state index in [9.17, 15) is 4.79 Å². The molecule has 1 amide bonds. The number of H-pyrrole nitrogens is 1. The number of rotatable bonds is 5. The molecule has 0 bridgehead atoms. The maximum Gasteiger partial charge on any atom is 0.271 e. The van der Waals surface area contributed by atoms with E-state index in [2.05, 4.69) is 10.2 Å². The summed E-state index contributed by atoms with van der Waals surface area (Å²) in [5.41, 5.74) is 0.492. The largest absolute Gasteiger partial charge is 0.477 e. The van der Waals surface area contributed by atoms with Gasteiger partial charge in [0.25, 0.3) is 5.91 Å². The molecule has 5 nitrogen and oxygen atoms in total. The van der Waals surface area contributed by atoms with Crippen LogP contribution in [0.3, 0.4) is 0 Å². The van der Waals surface area contributed by atoms with E-state index >= 15 is 0 Å². The van der Waals surface area contributed by atoms with Gasteiger partial charge in [-0.05, 0) is 25.7 Å². The first-order valence-electron chi connectivity index (χ1n) is 5.64. The van der Waals surface area contributed by atoms with Crippen LogP contribution in [-0.2, 0) is 0 Å². The van der Waals surface area contributed by atoms with Crippen LogP contribution in [-0.4, -0.2) is 41.2 Å². The van der Waals surface area contributed by atoms with Crippen LogP contribution in [0.15, 0.2) is 6.07 Å². The van der Waals surface area contributed by atoms with Crippen molar-refractivity contribution >= 4 is 5.91 Å². The van der Waals surface area contributed by atoms with E-state index in [1.54, 1.807) is 11.0 Å². The van der Waals surface area contributed by atoms with Gasteiger partial charge in [0.2, 0.25) is 5.88 Å². The van der Waals surface area contributed by atoms with E-state index in [1.807, 2.05) is 14.0 Å². The topological polar surface area (TPSA) is 58.2 Å². The SMILES string of the molecule is CCOc1cc(C(=O)N(C)CC2CC2)[nH]n1. The molecule has 88 valence electrons. The van der Waals surface area contributed by atoms with E-state index in [0.29, 0.717) is 24.1 Å². The van der Waals surface area contributed by atoms with Crippen LogP contribution < -0.4 is 4.74 Å². The maximum absolute atomic E-state index is 11.9. The number of aromatic nitrogens is 2. The Morgan fingerprint density at radius 2 is 2.44 bits per heavy atom. The van der Waals surface area contributed by atoms with Crippen LogP contribution in [0.4, 0.5) is 0 Å². The third kappa shape index (κ3) is 2.53. The zero-order chi connectivity index (χ0) is 11.5. The van der Waals surface area contributed by atoms with Crippen LogP contribution in [0.1, 0.15) is 30.3 Å². The Kier molecular flexibility index (Phi) is 3.12. The van der Waals surface area contributed by atoms with Crippen molar-refractivity contribution in [2.75, 3.05) is 20.2 Å². The molecule has 0 aliphatic heterocycles. The molecule has 0 aromatic carbocycles. The molecule has 0 unspecified atom stereocenters. The third-order valence-electron chi connectivity index (χ3n) is 2.65. The number of hydrogen-bond donors (Lipinski definition) is 1. The van der Waals surface area contributed by atoms with E-state index in [0.717, 1.165) is 6.54 Å². The van der Waals surface area contributed by atoms with E-state index in [-0.39, 0.29) is 5.91 Å². The summed E-state index contributed by atoms with van der Waals surface area (Å²) in [6, 6.07) is 1.65. The molecular weight excluding hydrogens is 206 g/mol. The summed E-state index contributed by atoms with van der Waals surface area (Å²) < 4.78 is 5.20. The molecule has 2 rings (SSSR count). The molecule has 0 saturated heterocycles. The fourth-order valence-electron chi connectivity index (χ4n) is 1.61. The minimum atomic E-state index is -0.0228. The zero-order valence-corrected chi connectivity index (χ0v) is 9.69. The van der Waals surface area contributed by atoms with Gasteiger partial charge in [-0.25, -0.2) is 0 Å². The first-order valence-corrected chi connectivity index (χ1v) is 5.64. The fraction of sp³-hybridized carbons (Fsp3) is 0.636. The van der Waals surface area contributed by atoms with Crippen LogP contribution in [0.2, 0.25) is 0 Å². The Balaban J connectivity index is 1.95. The molecule has 1 aliphatic carbocycles. The minimum absolute atomic E-state index is 0.0228. The predicted molar refractivity (Wildman–Crippen MR) is 59.4 cm³/mol. The van der Waals surface area contributed by atoms with Gasteiger partial charge < -0.3 is 9.64 Å². The molecule has 1 N–H and O–H groups in total. The second-order valence-electron chi connectivity index (χ2n) is 4.18. The second kappa shape index (κ2) is 4.55. The first-order chi connectivity index (χ1) is 7.70. The Bertz CT molecular complexity index is 371. The van der Waals surface area contributed by atoms with E-state index in [4.69, 9.17) is 4.74 Å². The van der Waals surface area contributed by atoms with Gasteiger partial charge in [-0.15, -0.1) is 5.10 Å². The zero-order valence-electron chi connectivity index (χ0n) is 9.69. The number of nitrogens with one attached hydrogen (secondary N) is 1. The molecule has 1 aromatic heterocycles. The van der Waals surface area contributed by atoms with Gasteiger partial charge in [-0.2, -0.15) is 0 Å². The third-order valence-corrected chi connectivity index (χ3v) is 2.65. The van der Waals surface area contributed by atoms with Gasteiger partial charge in [-0.1, -0.05) is 0 Å². The lowest BCUT2D eigenvalue weighted by Gasteiger charge is -2.14. The van der Waals surface area contributed by atoms with Gasteiger partial charge >= 0.3 is 0 Å². The molecule has 1 heterocycles. The van der Waals surface area contributed by atoms with Crippen molar-refractivity contribution in [1.82, 2.24) is 15.1 Å². The van der Waals surface area contributed by atoms with Crippen molar-refractivity contribution in [3.05, 3.63) is 11.8 Å². The molecular formula is C11H17N3O2. The summed E-state index contributed by atoms with van der Waals surface area (Å²) >= 11 is 0. The lowest BCUT2D eigenvalue weighted by molar-refractivity contribution is 0.0783. The average molecular weight is 223 g/mol. The average Bonchev–Trinajstić information content (AvgIpc) is 2.95. The fourth-order valence-corrected chi connectivity index (χ4v) is 1.61. The van der Waals surface area contributed by atoms with Crippen LogP contribution >= 0.6 is 0 Å². The molecule has 0 radical (unpaired) electrons. The number of aromatic amines is 1. The summed E-state index contributed by atoms with van der Waals surface area (Å²) in [5.74, 6) is 1.15. The smallest absolute Gasteiger partial charge is 0.271 e. The van der Waals surface area contributed by atoms with Crippen LogP contribution in [0, 0.1) is 5.92 Å². The summed E-state index contributed by atoms with van der Waals surface area (Å²) in [4.78, 5) is 13.7. The highest BCUT2D eigenvalue weighted by Gasteiger charge is 2.25. The van der Waals surface area contributed by atoms with Gasteiger partial charge in [0, 0.05) is 19.7 Å². The highest BCUT2D eigenvalue weighted by atomic mass is 16.5. The van der Waals surface area contributed by atoms with Gasteiger partial charge in [0.1, 0.15) is 5.69 Å². The molecule has 5 heteroatoms. The number of nitrogens with zero attached hydrogens (tertiary/aromatic N) is 2. The van der Waals surface area contributed by atoms with Crippen molar-refractivity contribution in [3.8, 4) is 5.88 Å². The summed E-state index contributed by atoms with van der Waals surface area (Å²) in [7, 11) is 1.82. The van der Waals surface area contributed by atoms with Crippen molar-refractivity contribution in [2.24, 2.45) is 5.92 Å². The summed E-state index contributed by atoms with van der Waals surface area (Å²) in [6.07, 6.45) is 2.48. The number of hydrogen-bond acceptors (Lipinski definition) is 3. The second-order valence-corrected chi connectivity index (χ2v) is 4.18. The maximum atomic E-state index is 11.9. The highest BCUT2D eigenvalue weighted by molar-refractivity contribution is 5.92. The molecule has 1 aromatic rings. The van der Waals surface area contributed by atoms with E-state index in [1.165, 1.54) is 12.8 Å². The predicted octanol–water partition coefficient (Wildman–Crippen LogP) is 1.29. The molecule has 0 atom stereocenters. The van der Waals surface area contributed by atoms with Crippen LogP contribution in [0.5, 0.6) is 5.88 Å². The number of carbonyl (C=O) groups excluding carboxylic acids is 1. The standard InChI is InChI=1S/C11H17N3O2/c1-3-16-10-6-9(12-13-10)11(15)14(2)7-8-4-5-8/h6,8H,3-5,7H2,1-2H3,(H,12,13). The van der Waals surface area contributed by atoms with E-state index < -0.39 is 0 Å². The Hall–Kier alpha value is -1.52. The number of carbonyl (C=O) groups is 1. The monoisotopic (exact) mass is 223 g/mol. The molecule has 1 aliphatic rings. The Morgan fingerprint density at radius 1 is 1.69 bits per heavy atom. The van der Waals surface area contributed by atoms with Gasteiger partial charge in [-0.3, -0.25) is 9.89 Å². The summed E-state index contributed by atoms with van der Waals surface area (Å²) in [5, 5.41) is 6.61. The van der Waals surface area contributed by atoms with Crippen molar-refractivity contribution < 1.29 is 9.53 Å². The molecule has 16 heavy (non-hydrogen) atoms. The minimum Gasteiger partial charge on any atom is -0.477 e. The summed E-state index contributed by atoms with van der Waals surface area (Å²) in [6.45, 7) is 3.27. The van der Waals surface area contributed by atoms with Crippen molar-refractivity contribution in [1.29, 1.82) is 0 Å². The highest BCUT2D eigenvalue weighted by Crippen LogP contribution is 2.29. The first kappa shape index (κ1) is 11.0. The molecule has 1 saturated carbocycles. The quantitative estimate of drug-likeness (QED) is 0.818. The number of amides is 1. The lowest BCUT2D eigenvalue weighted by atomic mass is 10.3. The van der Waals surface area contributed by atoms with Crippen LogP contribution in [0.25, 0.3) is 0 Å². The lowest BCUT2D eigenvalue weighted by Crippen LogP contribution is -2.28. The molecule has 1 fully saturated rings. The van der Waals surface area contributed by atoms with Crippen molar-refractivity contribution in [2.45, 2.75) is 19.8 Å². The van der Waals surface area contributed by atoms with Crippen molar-refractivity contribution in [3.63, 3.8) is 0 Å². The van der Waals surface area contributed by atoms with Gasteiger partial charge in [0.05, 0.1) is 6.61 Å². The number of ether oxygens (including phenoxy) is 1. The van der Waals surface area contributed by atoms with Gasteiger partial charge in [0.15, 0.2) is 0 Å². The molecule has 0 spiro atoms. The normalized spacial score (nSPS) is 14.9. The Labute approximate surface area is 94.8 Å².